The number of rotatable bonds is 3. The van der Waals surface area contributed by atoms with Crippen molar-refractivity contribution in [2.45, 2.75) is 12.8 Å². The zero-order chi connectivity index (χ0) is 14.7. The highest BCUT2D eigenvalue weighted by Crippen LogP contribution is 2.19. The highest BCUT2D eigenvalue weighted by molar-refractivity contribution is 6.03. The Morgan fingerprint density at radius 3 is 2.62 bits per heavy atom. The van der Waals surface area contributed by atoms with E-state index >= 15 is 0 Å². The number of carbonyl (C=O) groups is 1. The smallest absolute Gasteiger partial charge is 0.257 e. The summed E-state index contributed by atoms with van der Waals surface area (Å²) >= 11 is 0. The summed E-state index contributed by atoms with van der Waals surface area (Å²) in [4.78, 5) is 32.0. The lowest BCUT2D eigenvalue weighted by molar-refractivity contribution is 0.102. The molecule has 2 aromatic heterocycles. The molecule has 0 aromatic carbocycles. The molecule has 0 spiro atoms. The Bertz CT molecular complexity index is 667. The summed E-state index contributed by atoms with van der Waals surface area (Å²) in [6, 6.07) is 6.56. The average Bonchev–Trinajstić information content (AvgIpc) is 3.03. The lowest BCUT2D eigenvalue weighted by Crippen LogP contribution is -2.19. The molecule has 0 unspecified atom stereocenters. The molecule has 2 N–H and O–H groups in total. The second kappa shape index (κ2) is 5.78. The molecule has 1 fully saturated rings. The molecule has 0 radical (unpaired) electrons. The fraction of sp³-hybridized carbons (Fsp3) is 0.267. The molecule has 1 aliphatic rings. The quantitative estimate of drug-likeness (QED) is 0.898. The normalized spacial score (nSPS) is 14.2. The summed E-state index contributed by atoms with van der Waals surface area (Å²) in [6.07, 6.45) is 5.44. The van der Waals surface area contributed by atoms with Crippen molar-refractivity contribution in [3.63, 3.8) is 0 Å². The van der Waals surface area contributed by atoms with E-state index in [1.54, 1.807) is 6.20 Å². The molecule has 3 rings (SSSR count). The molecular formula is C15H16N4O2. The van der Waals surface area contributed by atoms with E-state index in [-0.39, 0.29) is 11.5 Å². The summed E-state index contributed by atoms with van der Waals surface area (Å²) in [6.45, 7) is 2.08. The Labute approximate surface area is 121 Å². The molecule has 0 bridgehead atoms. The van der Waals surface area contributed by atoms with Crippen LogP contribution in [0.3, 0.4) is 0 Å². The Morgan fingerprint density at radius 2 is 2.00 bits per heavy atom. The number of aromatic amines is 1. The van der Waals surface area contributed by atoms with Crippen LogP contribution in [0.25, 0.3) is 0 Å². The van der Waals surface area contributed by atoms with Crippen molar-refractivity contribution in [1.29, 1.82) is 0 Å². The monoisotopic (exact) mass is 284 g/mol. The molecular weight excluding hydrogens is 268 g/mol. The molecule has 2 aromatic rings. The standard InChI is InChI=1S/C15H16N4O2/c20-14-6-3-11(9-17-14)15(21)18-12-4-5-13(16-10-12)19-7-1-2-8-19/h3-6,9-10H,1-2,7-8H2,(H,17,20)(H,18,21). The van der Waals surface area contributed by atoms with Gasteiger partial charge in [0.05, 0.1) is 17.4 Å². The van der Waals surface area contributed by atoms with Crippen LogP contribution >= 0.6 is 0 Å². The lowest BCUT2D eigenvalue weighted by Gasteiger charge is -2.16. The van der Waals surface area contributed by atoms with Crippen molar-refractivity contribution in [2.75, 3.05) is 23.3 Å². The summed E-state index contributed by atoms with van der Waals surface area (Å²) in [5, 5.41) is 2.75. The predicted octanol–water partition coefficient (Wildman–Crippen LogP) is 1.62. The van der Waals surface area contributed by atoms with Gasteiger partial charge in [0, 0.05) is 25.4 Å². The van der Waals surface area contributed by atoms with Crippen LogP contribution in [-0.2, 0) is 0 Å². The summed E-state index contributed by atoms with van der Waals surface area (Å²) in [5.74, 6) is 0.663. The van der Waals surface area contributed by atoms with Gasteiger partial charge in [-0.15, -0.1) is 0 Å². The number of H-pyrrole nitrogens is 1. The molecule has 1 aliphatic heterocycles. The summed E-state index contributed by atoms with van der Waals surface area (Å²) in [5.41, 5.74) is 0.801. The van der Waals surface area contributed by atoms with Crippen LogP contribution in [0.2, 0.25) is 0 Å². The number of amides is 1. The first-order chi connectivity index (χ1) is 10.2. The zero-order valence-electron chi connectivity index (χ0n) is 11.5. The van der Waals surface area contributed by atoms with E-state index in [9.17, 15) is 9.59 Å². The Balaban J connectivity index is 1.68. The number of hydrogen-bond acceptors (Lipinski definition) is 4. The van der Waals surface area contributed by atoms with Crippen LogP contribution in [0.15, 0.2) is 41.5 Å². The molecule has 1 amide bonds. The van der Waals surface area contributed by atoms with Gasteiger partial charge in [-0.05, 0) is 31.0 Å². The lowest BCUT2D eigenvalue weighted by atomic mass is 10.2. The third-order valence-corrected chi connectivity index (χ3v) is 3.48. The minimum Gasteiger partial charge on any atom is -0.357 e. The van der Waals surface area contributed by atoms with Gasteiger partial charge in [-0.3, -0.25) is 9.59 Å². The van der Waals surface area contributed by atoms with E-state index in [2.05, 4.69) is 20.2 Å². The molecule has 0 atom stereocenters. The van der Waals surface area contributed by atoms with Crippen molar-refractivity contribution in [1.82, 2.24) is 9.97 Å². The van der Waals surface area contributed by atoms with E-state index in [0.717, 1.165) is 18.9 Å². The average molecular weight is 284 g/mol. The number of nitrogens with zero attached hydrogens (tertiary/aromatic N) is 2. The van der Waals surface area contributed by atoms with Gasteiger partial charge >= 0.3 is 0 Å². The topological polar surface area (TPSA) is 78.1 Å². The third kappa shape index (κ3) is 3.10. The van der Waals surface area contributed by atoms with Gasteiger partial charge in [0.1, 0.15) is 5.82 Å². The largest absolute Gasteiger partial charge is 0.357 e. The summed E-state index contributed by atoms with van der Waals surface area (Å²) < 4.78 is 0. The maximum absolute atomic E-state index is 12.0. The molecule has 108 valence electrons. The van der Waals surface area contributed by atoms with Crippen LogP contribution in [0.5, 0.6) is 0 Å². The van der Waals surface area contributed by atoms with Crippen LogP contribution < -0.4 is 15.8 Å². The fourth-order valence-corrected chi connectivity index (χ4v) is 2.35. The predicted molar refractivity (Wildman–Crippen MR) is 80.7 cm³/mol. The number of aromatic nitrogens is 2. The first-order valence-electron chi connectivity index (χ1n) is 6.93. The number of carbonyl (C=O) groups excluding carboxylic acids is 1. The number of anilines is 2. The van der Waals surface area contributed by atoms with Crippen LogP contribution in [0.1, 0.15) is 23.2 Å². The molecule has 0 saturated carbocycles. The zero-order valence-corrected chi connectivity index (χ0v) is 11.5. The maximum atomic E-state index is 12.0. The first kappa shape index (κ1) is 13.4. The molecule has 1 saturated heterocycles. The van der Waals surface area contributed by atoms with Crippen molar-refractivity contribution in [3.8, 4) is 0 Å². The maximum Gasteiger partial charge on any atom is 0.257 e. The second-order valence-corrected chi connectivity index (χ2v) is 4.99. The first-order valence-corrected chi connectivity index (χ1v) is 6.93. The van der Waals surface area contributed by atoms with E-state index in [4.69, 9.17) is 0 Å². The minimum absolute atomic E-state index is 0.233. The number of nitrogens with one attached hydrogen (secondary N) is 2. The van der Waals surface area contributed by atoms with Crippen molar-refractivity contribution in [3.05, 3.63) is 52.6 Å². The van der Waals surface area contributed by atoms with Crippen molar-refractivity contribution < 1.29 is 4.79 Å². The molecule has 6 heteroatoms. The van der Waals surface area contributed by atoms with Gasteiger partial charge in [0.15, 0.2) is 0 Å². The van der Waals surface area contributed by atoms with Crippen molar-refractivity contribution >= 4 is 17.4 Å². The van der Waals surface area contributed by atoms with Crippen molar-refractivity contribution in [2.24, 2.45) is 0 Å². The van der Waals surface area contributed by atoms with Crippen LogP contribution in [0, 0.1) is 0 Å². The van der Waals surface area contributed by atoms with Gasteiger partial charge in [-0.25, -0.2) is 4.98 Å². The second-order valence-electron chi connectivity index (χ2n) is 4.99. The van der Waals surface area contributed by atoms with E-state index in [1.807, 2.05) is 12.1 Å². The van der Waals surface area contributed by atoms with Gasteiger partial charge in [-0.1, -0.05) is 0 Å². The molecule has 6 nitrogen and oxygen atoms in total. The third-order valence-electron chi connectivity index (χ3n) is 3.48. The molecule has 21 heavy (non-hydrogen) atoms. The van der Waals surface area contributed by atoms with E-state index < -0.39 is 0 Å². The Morgan fingerprint density at radius 1 is 1.19 bits per heavy atom. The van der Waals surface area contributed by atoms with Gasteiger partial charge in [-0.2, -0.15) is 0 Å². The fourth-order valence-electron chi connectivity index (χ4n) is 2.35. The number of pyridine rings is 2. The Hall–Kier alpha value is -2.63. The van der Waals surface area contributed by atoms with Gasteiger partial charge < -0.3 is 15.2 Å². The van der Waals surface area contributed by atoms with Gasteiger partial charge in [0.25, 0.3) is 5.91 Å². The van der Waals surface area contributed by atoms with Gasteiger partial charge in [0.2, 0.25) is 5.56 Å². The number of hydrogen-bond donors (Lipinski definition) is 2. The van der Waals surface area contributed by atoms with Crippen LogP contribution in [0.4, 0.5) is 11.5 Å². The van der Waals surface area contributed by atoms with E-state index in [1.165, 1.54) is 31.2 Å². The Kier molecular flexibility index (Phi) is 3.68. The van der Waals surface area contributed by atoms with E-state index in [0.29, 0.717) is 11.3 Å². The highest BCUT2D eigenvalue weighted by Gasteiger charge is 2.13. The molecule has 0 aliphatic carbocycles. The summed E-state index contributed by atoms with van der Waals surface area (Å²) in [7, 11) is 0. The molecule has 3 heterocycles. The SMILES string of the molecule is O=C(Nc1ccc(N2CCCC2)nc1)c1ccc(=O)[nH]c1. The van der Waals surface area contributed by atoms with Crippen LogP contribution in [-0.4, -0.2) is 29.0 Å². The minimum atomic E-state index is -0.276. The highest BCUT2D eigenvalue weighted by atomic mass is 16.1.